The summed E-state index contributed by atoms with van der Waals surface area (Å²) in [5.74, 6) is 1.38. The van der Waals surface area contributed by atoms with Gasteiger partial charge in [0.05, 0.1) is 25.7 Å². The summed E-state index contributed by atoms with van der Waals surface area (Å²) in [6.07, 6.45) is 0. The third-order valence-corrected chi connectivity index (χ3v) is 6.54. The van der Waals surface area contributed by atoms with E-state index in [9.17, 15) is 9.59 Å². The average molecular weight is 469 g/mol. The molecule has 164 valence electrons. The highest BCUT2D eigenvalue weighted by atomic mass is 35.5. The van der Waals surface area contributed by atoms with E-state index in [0.29, 0.717) is 39.2 Å². The van der Waals surface area contributed by atoms with E-state index in [0.717, 1.165) is 5.56 Å². The fraction of sp³-hybridized carbons (Fsp3) is 0.167. The zero-order chi connectivity index (χ0) is 22.7. The molecule has 1 fully saturated rings. The number of hydrogen-bond donors (Lipinski definition) is 1. The van der Waals surface area contributed by atoms with Gasteiger partial charge in [0.15, 0.2) is 0 Å². The Morgan fingerprint density at radius 2 is 1.75 bits per heavy atom. The molecular weight excluding hydrogens is 448 g/mol. The smallest absolute Gasteiger partial charge is 0.255 e. The van der Waals surface area contributed by atoms with Crippen molar-refractivity contribution < 1.29 is 19.1 Å². The number of anilines is 2. The predicted octanol–water partition coefficient (Wildman–Crippen LogP) is 5.39. The molecule has 0 radical (unpaired) electrons. The number of hydrogen-bond acceptors (Lipinski definition) is 5. The number of carbonyl (C=O) groups excluding carboxylic acids is 2. The second-order valence-corrected chi connectivity index (χ2v) is 8.55. The van der Waals surface area contributed by atoms with Gasteiger partial charge in [0.2, 0.25) is 5.91 Å². The van der Waals surface area contributed by atoms with E-state index in [1.54, 1.807) is 67.3 Å². The molecule has 0 aliphatic carbocycles. The van der Waals surface area contributed by atoms with Crippen molar-refractivity contribution in [2.75, 3.05) is 30.2 Å². The number of nitrogens with zero attached hydrogens (tertiary/aromatic N) is 1. The van der Waals surface area contributed by atoms with Gasteiger partial charge in [0.1, 0.15) is 16.9 Å². The molecule has 3 aromatic carbocycles. The topological polar surface area (TPSA) is 67.9 Å². The molecule has 2 amide bonds. The van der Waals surface area contributed by atoms with Crippen LogP contribution in [-0.2, 0) is 4.79 Å². The van der Waals surface area contributed by atoms with Gasteiger partial charge in [-0.1, -0.05) is 23.7 Å². The number of thioether (sulfide) groups is 1. The molecule has 8 heteroatoms. The van der Waals surface area contributed by atoms with Gasteiger partial charge < -0.3 is 14.8 Å². The Morgan fingerprint density at radius 1 is 1.03 bits per heavy atom. The maximum Gasteiger partial charge on any atom is 0.255 e. The van der Waals surface area contributed by atoms with Crippen molar-refractivity contribution in [1.29, 1.82) is 0 Å². The standard InChI is InChI=1S/C24H21ClN2O4S/c1-30-19-11-12-20(21(13-19)31-2)27-22(28)14-32-24(27)16-5-9-18(10-6-16)26-23(29)15-3-7-17(25)8-4-15/h3-13,24H,14H2,1-2H3,(H,26,29). The first-order valence-electron chi connectivity index (χ1n) is 9.82. The fourth-order valence-corrected chi connectivity index (χ4v) is 4.75. The number of rotatable bonds is 6. The van der Waals surface area contributed by atoms with E-state index in [2.05, 4.69) is 5.32 Å². The molecule has 32 heavy (non-hydrogen) atoms. The number of methoxy groups -OCH3 is 2. The average Bonchev–Trinajstić information content (AvgIpc) is 3.20. The molecule has 4 rings (SSSR count). The molecule has 1 unspecified atom stereocenters. The van der Waals surface area contributed by atoms with Crippen LogP contribution in [0.3, 0.4) is 0 Å². The molecule has 1 atom stereocenters. The van der Waals surface area contributed by atoms with Crippen molar-refractivity contribution in [2.24, 2.45) is 0 Å². The zero-order valence-corrected chi connectivity index (χ0v) is 19.1. The summed E-state index contributed by atoms with van der Waals surface area (Å²) in [6.45, 7) is 0. The van der Waals surface area contributed by atoms with Crippen LogP contribution in [0.4, 0.5) is 11.4 Å². The Bertz CT molecular complexity index is 1140. The minimum atomic E-state index is -0.218. The van der Waals surface area contributed by atoms with Crippen molar-refractivity contribution >= 4 is 46.6 Å². The van der Waals surface area contributed by atoms with Gasteiger partial charge in [-0.3, -0.25) is 14.5 Å². The lowest BCUT2D eigenvalue weighted by atomic mass is 10.1. The molecule has 0 aromatic heterocycles. The quantitative estimate of drug-likeness (QED) is 0.525. The third-order valence-electron chi connectivity index (χ3n) is 5.07. The Labute approximate surface area is 195 Å². The van der Waals surface area contributed by atoms with E-state index in [-0.39, 0.29) is 17.2 Å². The Morgan fingerprint density at radius 3 is 2.41 bits per heavy atom. The van der Waals surface area contributed by atoms with Gasteiger partial charge in [-0.25, -0.2) is 0 Å². The third kappa shape index (κ3) is 4.54. The minimum absolute atomic E-state index is 0.00332. The first-order chi connectivity index (χ1) is 15.5. The van der Waals surface area contributed by atoms with Crippen LogP contribution in [-0.4, -0.2) is 31.8 Å². The number of amides is 2. The molecule has 1 aliphatic heterocycles. The highest BCUT2D eigenvalue weighted by Gasteiger charge is 2.35. The first kappa shape index (κ1) is 22.0. The summed E-state index contributed by atoms with van der Waals surface area (Å²) < 4.78 is 10.8. The first-order valence-corrected chi connectivity index (χ1v) is 11.3. The van der Waals surface area contributed by atoms with Crippen LogP contribution < -0.4 is 19.7 Å². The molecule has 6 nitrogen and oxygen atoms in total. The van der Waals surface area contributed by atoms with Crippen LogP contribution in [0, 0.1) is 0 Å². The largest absolute Gasteiger partial charge is 0.497 e. The van der Waals surface area contributed by atoms with Crippen molar-refractivity contribution in [3.8, 4) is 11.5 Å². The number of ether oxygens (including phenoxy) is 2. The molecular formula is C24H21ClN2O4S. The van der Waals surface area contributed by atoms with Gasteiger partial charge in [-0.15, -0.1) is 11.8 Å². The number of nitrogens with one attached hydrogen (secondary N) is 1. The van der Waals surface area contributed by atoms with Gasteiger partial charge in [-0.05, 0) is 54.1 Å². The monoisotopic (exact) mass is 468 g/mol. The van der Waals surface area contributed by atoms with Gasteiger partial charge in [-0.2, -0.15) is 0 Å². The Kier molecular flexibility index (Phi) is 6.58. The van der Waals surface area contributed by atoms with Crippen molar-refractivity contribution in [2.45, 2.75) is 5.37 Å². The van der Waals surface area contributed by atoms with E-state index in [1.807, 2.05) is 30.3 Å². The summed E-state index contributed by atoms with van der Waals surface area (Å²) in [7, 11) is 3.15. The molecule has 0 spiro atoms. The summed E-state index contributed by atoms with van der Waals surface area (Å²) in [6, 6.07) is 19.6. The summed E-state index contributed by atoms with van der Waals surface area (Å²) in [5.41, 5.74) is 2.82. The molecule has 1 heterocycles. The van der Waals surface area contributed by atoms with Crippen LogP contribution in [0.1, 0.15) is 21.3 Å². The summed E-state index contributed by atoms with van der Waals surface area (Å²) in [4.78, 5) is 26.9. The molecule has 1 saturated heterocycles. The molecule has 3 aromatic rings. The Hall–Kier alpha value is -3.16. The highest BCUT2D eigenvalue weighted by Crippen LogP contribution is 2.45. The van der Waals surface area contributed by atoms with E-state index in [4.69, 9.17) is 21.1 Å². The second-order valence-electron chi connectivity index (χ2n) is 7.05. The van der Waals surface area contributed by atoms with E-state index in [1.165, 1.54) is 0 Å². The van der Waals surface area contributed by atoms with E-state index >= 15 is 0 Å². The molecule has 0 bridgehead atoms. The number of carbonyl (C=O) groups is 2. The fourth-order valence-electron chi connectivity index (χ4n) is 3.45. The number of benzene rings is 3. The maximum absolute atomic E-state index is 12.7. The summed E-state index contributed by atoms with van der Waals surface area (Å²) in [5, 5.41) is 3.25. The SMILES string of the molecule is COc1ccc(N2C(=O)CSC2c2ccc(NC(=O)c3ccc(Cl)cc3)cc2)c(OC)c1. The van der Waals surface area contributed by atoms with Crippen molar-refractivity contribution in [1.82, 2.24) is 0 Å². The second kappa shape index (κ2) is 9.54. The lowest BCUT2D eigenvalue weighted by Gasteiger charge is -2.26. The van der Waals surface area contributed by atoms with Crippen LogP contribution in [0.5, 0.6) is 11.5 Å². The van der Waals surface area contributed by atoms with Gasteiger partial charge in [0, 0.05) is 22.3 Å². The van der Waals surface area contributed by atoms with Crippen LogP contribution >= 0.6 is 23.4 Å². The van der Waals surface area contributed by atoms with Crippen molar-refractivity contribution in [3.05, 3.63) is 82.9 Å². The minimum Gasteiger partial charge on any atom is -0.497 e. The summed E-state index contributed by atoms with van der Waals surface area (Å²) >= 11 is 7.42. The highest BCUT2D eigenvalue weighted by molar-refractivity contribution is 8.00. The zero-order valence-electron chi connectivity index (χ0n) is 17.5. The van der Waals surface area contributed by atoms with Crippen molar-refractivity contribution in [3.63, 3.8) is 0 Å². The van der Waals surface area contributed by atoms with Crippen LogP contribution in [0.25, 0.3) is 0 Å². The number of halogens is 1. The maximum atomic E-state index is 12.7. The van der Waals surface area contributed by atoms with Gasteiger partial charge in [0.25, 0.3) is 5.91 Å². The van der Waals surface area contributed by atoms with Crippen LogP contribution in [0.15, 0.2) is 66.7 Å². The lowest BCUT2D eigenvalue weighted by molar-refractivity contribution is -0.115. The van der Waals surface area contributed by atoms with E-state index < -0.39 is 0 Å². The molecule has 1 N–H and O–H groups in total. The predicted molar refractivity (Wildman–Crippen MR) is 128 cm³/mol. The lowest BCUT2D eigenvalue weighted by Crippen LogP contribution is -2.28. The molecule has 1 aliphatic rings. The van der Waals surface area contributed by atoms with Crippen LogP contribution in [0.2, 0.25) is 5.02 Å². The normalized spacial score (nSPS) is 15.5. The Balaban J connectivity index is 1.55. The van der Waals surface area contributed by atoms with Gasteiger partial charge >= 0.3 is 0 Å². The molecule has 0 saturated carbocycles.